The number of benzene rings is 2. The fraction of sp³-hybridized carbons (Fsp3) is 0.368. The van der Waals surface area contributed by atoms with Gasteiger partial charge in [-0.05, 0) is 30.2 Å². The van der Waals surface area contributed by atoms with Gasteiger partial charge in [0.25, 0.3) is 10.2 Å². The molecule has 1 heterocycles. The first-order valence-corrected chi connectivity index (χ1v) is 10.9. The molecule has 0 radical (unpaired) electrons. The van der Waals surface area contributed by atoms with E-state index in [4.69, 9.17) is 0 Å². The van der Waals surface area contributed by atoms with Crippen molar-refractivity contribution in [1.82, 2.24) is 14.3 Å². The zero-order valence-electron chi connectivity index (χ0n) is 15.2. The van der Waals surface area contributed by atoms with E-state index in [1.54, 1.807) is 0 Å². The molecule has 28 heavy (non-hydrogen) atoms. The van der Waals surface area contributed by atoms with E-state index in [1.165, 1.54) is 4.31 Å². The molecule has 0 aromatic heterocycles. The number of thiol groups is 1. The van der Waals surface area contributed by atoms with Gasteiger partial charge in [0.2, 0.25) is 0 Å². The predicted molar refractivity (Wildman–Crippen MR) is 108 cm³/mol. The molecule has 2 aromatic rings. The van der Waals surface area contributed by atoms with Gasteiger partial charge in [0, 0.05) is 43.0 Å². The Bertz CT molecular complexity index is 897. The Kier molecular flexibility index (Phi) is 7.05. The summed E-state index contributed by atoms with van der Waals surface area (Å²) >= 11 is 4.43. The summed E-state index contributed by atoms with van der Waals surface area (Å²) in [7, 11) is -3.69. The number of halogens is 2. The number of hydrogen-bond donors (Lipinski definition) is 3. The minimum absolute atomic E-state index is 0.0778. The Morgan fingerprint density at radius 1 is 1.11 bits per heavy atom. The first-order chi connectivity index (χ1) is 13.3. The summed E-state index contributed by atoms with van der Waals surface area (Å²) in [6.07, 6.45) is 0.577. The van der Waals surface area contributed by atoms with E-state index in [-0.39, 0.29) is 29.9 Å². The Hall–Kier alpha value is -1.52. The lowest BCUT2D eigenvalue weighted by Crippen LogP contribution is -2.46. The van der Waals surface area contributed by atoms with Crippen LogP contribution < -0.4 is 10.0 Å². The quantitative estimate of drug-likeness (QED) is 0.567. The van der Waals surface area contributed by atoms with Crippen molar-refractivity contribution in [2.45, 2.75) is 30.8 Å². The van der Waals surface area contributed by atoms with Crippen molar-refractivity contribution in [1.29, 1.82) is 0 Å². The molecule has 9 heteroatoms. The summed E-state index contributed by atoms with van der Waals surface area (Å²) in [5.74, 6) is -1.01. The second-order valence-corrected chi connectivity index (χ2v) is 9.23. The molecule has 0 bridgehead atoms. The van der Waals surface area contributed by atoms with Gasteiger partial charge in [-0.25, -0.2) is 8.78 Å². The molecule has 2 aromatic carbocycles. The van der Waals surface area contributed by atoms with Crippen LogP contribution in [0.5, 0.6) is 0 Å². The molecule has 3 rings (SSSR count). The van der Waals surface area contributed by atoms with Crippen LogP contribution in [0.1, 0.15) is 17.5 Å². The molecule has 1 saturated heterocycles. The summed E-state index contributed by atoms with van der Waals surface area (Å²) in [5.41, 5.74) is 1.07. The van der Waals surface area contributed by atoms with Crippen molar-refractivity contribution >= 4 is 22.8 Å². The second kappa shape index (κ2) is 9.32. The first-order valence-electron chi connectivity index (χ1n) is 8.98. The Balaban J connectivity index is 1.59. The molecule has 1 fully saturated rings. The highest BCUT2D eigenvalue weighted by atomic mass is 32.2. The lowest BCUT2D eigenvalue weighted by Gasteiger charge is -2.24. The van der Waals surface area contributed by atoms with Gasteiger partial charge >= 0.3 is 0 Å². The van der Waals surface area contributed by atoms with Gasteiger partial charge in [0.1, 0.15) is 11.6 Å². The highest BCUT2D eigenvalue weighted by molar-refractivity contribution is 7.87. The molecule has 2 N–H and O–H groups in total. The Morgan fingerprint density at radius 2 is 1.86 bits per heavy atom. The van der Waals surface area contributed by atoms with E-state index in [2.05, 4.69) is 22.7 Å². The van der Waals surface area contributed by atoms with Crippen LogP contribution in [0.2, 0.25) is 0 Å². The average Bonchev–Trinajstić information content (AvgIpc) is 3.05. The molecule has 0 amide bonds. The van der Waals surface area contributed by atoms with Gasteiger partial charge in [-0.2, -0.15) is 30.1 Å². The van der Waals surface area contributed by atoms with Gasteiger partial charge < -0.3 is 5.32 Å². The molecule has 5 nitrogen and oxygen atoms in total. The van der Waals surface area contributed by atoms with Crippen LogP contribution in [-0.4, -0.2) is 37.1 Å². The van der Waals surface area contributed by atoms with Crippen LogP contribution in [0.15, 0.2) is 48.5 Å². The normalized spacial score (nSPS) is 20.5. The van der Waals surface area contributed by atoms with E-state index in [0.717, 1.165) is 23.8 Å². The van der Waals surface area contributed by atoms with Gasteiger partial charge in [0.15, 0.2) is 0 Å². The number of hydrogen-bond acceptors (Lipinski definition) is 4. The van der Waals surface area contributed by atoms with Gasteiger partial charge in [-0.1, -0.05) is 30.3 Å². The molecule has 0 aliphatic carbocycles. The van der Waals surface area contributed by atoms with Crippen LogP contribution in [0.25, 0.3) is 0 Å². The van der Waals surface area contributed by atoms with Gasteiger partial charge in [-0.15, -0.1) is 0 Å². The Labute approximate surface area is 169 Å². The van der Waals surface area contributed by atoms with E-state index in [1.807, 2.05) is 30.3 Å². The smallest absolute Gasteiger partial charge is 0.280 e. The zero-order valence-corrected chi connectivity index (χ0v) is 16.9. The van der Waals surface area contributed by atoms with E-state index in [0.29, 0.717) is 19.5 Å². The third-order valence-electron chi connectivity index (χ3n) is 4.66. The van der Waals surface area contributed by atoms with Gasteiger partial charge in [-0.3, -0.25) is 0 Å². The second-order valence-electron chi connectivity index (χ2n) is 6.79. The topological polar surface area (TPSA) is 61.4 Å². The van der Waals surface area contributed by atoms with Gasteiger partial charge in [0.05, 0.1) is 0 Å². The van der Waals surface area contributed by atoms with Crippen molar-refractivity contribution in [3.63, 3.8) is 0 Å². The molecule has 0 saturated carbocycles. The molecule has 0 unspecified atom stereocenters. The minimum atomic E-state index is -3.69. The van der Waals surface area contributed by atoms with Crippen LogP contribution in [0.3, 0.4) is 0 Å². The molecule has 0 spiro atoms. The maximum absolute atomic E-state index is 13.7. The summed E-state index contributed by atoms with van der Waals surface area (Å²) in [6, 6.07) is 12.2. The molecule has 152 valence electrons. The molecule has 1 aliphatic rings. The standard InChI is InChI=1S/C19H23F2N3O2S2/c20-16-6-7-19(21)15(8-16)11-22-12-17-9-18(27)13-24(17)28(25,26)23-10-14-4-2-1-3-5-14/h1-8,17-18,22-23,27H,9-13H2/t17-,18+/m0/s1. The third kappa shape index (κ3) is 5.51. The van der Waals surface area contributed by atoms with E-state index >= 15 is 0 Å². The summed E-state index contributed by atoms with van der Waals surface area (Å²) in [4.78, 5) is 0. The van der Waals surface area contributed by atoms with Crippen molar-refractivity contribution in [2.75, 3.05) is 13.1 Å². The van der Waals surface area contributed by atoms with E-state index < -0.39 is 21.8 Å². The van der Waals surface area contributed by atoms with Crippen LogP contribution in [-0.2, 0) is 23.3 Å². The maximum Gasteiger partial charge on any atom is 0.280 e. The molecule has 2 atom stereocenters. The average molecular weight is 428 g/mol. The minimum Gasteiger partial charge on any atom is -0.311 e. The van der Waals surface area contributed by atoms with Crippen molar-refractivity contribution in [2.24, 2.45) is 0 Å². The number of rotatable bonds is 8. The number of nitrogens with zero attached hydrogens (tertiary/aromatic N) is 1. The summed E-state index contributed by atoms with van der Waals surface area (Å²) in [6.45, 7) is 0.932. The summed E-state index contributed by atoms with van der Waals surface area (Å²) in [5, 5.41) is 2.96. The van der Waals surface area contributed by atoms with Crippen molar-refractivity contribution in [3.05, 3.63) is 71.3 Å². The van der Waals surface area contributed by atoms with E-state index in [9.17, 15) is 17.2 Å². The largest absolute Gasteiger partial charge is 0.311 e. The molecule has 1 aliphatic heterocycles. The fourth-order valence-electron chi connectivity index (χ4n) is 3.25. The van der Waals surface area contributed by atoms with Crippen LogP contribution >= 0.6 is 12.6 Å². The molecular formula is C19H23F2N3O2S2. The fourth-order valence-corrected chi connectivity index (χ4v) is 5.22. The number of nitrogens with one attached hydrogen (secondary N) is 2. The zero-order chi connectivity index (χ0) is 20.1. The van der Waals surface area contributed by atoms with Crippen molar-refractivity contribution in [3.8, 4) is 0 Å². The molecular weight excluding hydrogens is 404 g/mol. The van der Waals surface area contributed by atoms with Crippen molar-refractivity contribution < 1.29 is 17.2 Å². The highest BCUT2D eigenvalue weighted by Gasteiger charge is 2.37. The predicted octanol–water partition coefficient (Wildman–Crippen LogP) is 2.46. The van der Waals surface area contributed by atoms with Crippen LogP contribution in [0.4, 0.5) is 8.78 Å². The van der Waals surface area contributed by atoms with Crippen LogP contribution in [0, 0.1) is 11.6 Å². The summed E-state index contributed by atoms with van der Waals surface area (Å²) < 4.78 is 56.5. The maximum atomic E-state index is 13.7. The monoisotopic (exact) mass is 427 g/mol. The SMILES string of the molecule is O=S(=O)(NCc1ccccc1)N1C[C@H](S)C[C@H]1CNCc1cc(F)ccc1F. The highest BCUT2D eigenvalue weighted by Crippen LogP contribution is 2.24. The Morgan fingerprint density at radius 3 is 2.61 bits per heavy atom. The third-order valence-corrected chi connectivity index (χ3v) is 6.60. The lowest BCUT2D eigenvalue weighted by atomic mass is 10.2. The lowest BCUT2D eigenvalue weighted by molar-refractivity contribution is 0.364. The first kappa shape index (κ1) is 21.2.